The third kappa shape index (κ3) is 4.55. The minimum absolute atomic E-state index is 0. The molecule has 1 amide bonds. The Kier molecular flexibility index (Phi) is 6.64. The van der Waals surface area contributed by atoms with Crippen molar-refractivity contribution in [2.24, 2.45) is 0 Å². The zero-order valence-electron chi connectivity index (χ0n) is 13.9. The van der Waals surface area contributed by atoms with E-state index < -0.39 is 4.92 Å². The maximum absolute atomic E-state index is 13.5. The molecule has 2 aromatic rings. The van der Waals surface area contributed by atoms with Gasteiger partial charge in [0.15, 0.2) is 0 Å². The molecule has 8 nitrogen and oxygen atoms in total. The predicted molar refractivity (Wildman–Crippen MR) is 94.5 cm³/mol. The summed E-state index contributed by atoms with van der Waals surface area (Å²) >= 11 is 0. The van der Waals surface area contributed by atoms with Crippen molar-refractivity contribution in [3.8, 4) is 0 Å². The fourth-order valence-electron chi connectivity index (χ4n) is 2.94. The molecule has 0 bridgehead atoms. The first-order valence-electron chi connectivity index (χ1n) is 7.97. The first-order chi connectivity index (χ1) is 12.0. The smallest absolute Gasteiger partial charge is 0.306 e. The number of amides is 1. The number of hydrogen-bond acceptors (Lipinski definition) is 5. The summed E-state index contributed by atoms with van der Waals surface area (Å²) in [7, 11) is 0. The third-order valence-corrected chi connectivity index (χ3v) is 4.18. The van der Waals surface area contributed by atoms with Gasteiger partial charge in [-0.3, -0.25) is 19.6 Å². The summed E-state index contributed by atoms with van der Waals surface area (Å²) in [5.41, 5.74) is 0.641. The topological polar surface area (TPSA) is 93.3 Å². The molecule has 1 aliphatic rings. The molecule has 1 aromatic heterocycles. The number of carbonyl (C=O) groups excluding carboxylic acids is 1. The van der Waals surface area contributed by atoms with Gasteiger partial charge in [0.25, 0.3) is 0 Å². The number of halogens is 2. The van der Waals surface area contributed by atoms with Crippen molar-refractivity contribution in [3.63, 3.8) is 0 Å². The van der Waals surface area contributed by atoms with Crippen LogP contribution in [0.3, 0.4) is 0 Å². The van der Waals surface area contributed by atoms with Crippen LogP contribution in [0, 0.1) is 15.9 Å². The molecule has 1 fully saturated rings. The zero-order chi connectivity index (χ0) is 17.8. The lowest BCUT2D eigenvalue weighted by atomic mass is 10.0. The van der Waals surface area contributed by atoms with Crippen molar-refractivity contribution in [1.29, 1.82) is 0 Å². The maximum atomic E-state index is 13.5. The molecule has 10 heteroatoms. The van der Waals surface area contributed by atoms with E-state index in [2.05, 4.69) is 10.4 Å². The molecular formula is C16H19ClFN5O3. The number of nitro groups is 1. The van der Waals surface area contributed by atoms with Gasteiger partial charge >= 0.3 is 5.69 Å². The van der Waals surface area contributed by atoms with Gasteiger partial charge in [-0.05, 0) is 17.7 Å². The van der Waals surface area contributed by atoms with Gasteiger partial charge in [-0.15, -0.1) is 12.4 Å². The summed E-state index contributed by atoms with van der Waals surface area (Å²) < 4.78 is 14.9. The van der Waals surface area contributed by atoms with Crippen LogP contribution in [-0.2, 0) is 11.3 Å². The monoisotopic (exact) mass is 383 g/mol. The molecule has 0 spiro atoms. The number of piperazine rings is 1. The Labute approximate surface area is 155 Å². The molecule has 26 heavy (non-hydrogen) atoms. The van der Waals surface area contributed by atoms with E-state index in [1.54, 1.807) is 17.0 Å². The van der Waals surface area contributed by atoms with Crippen molar-refractivity contribution in [2.75, 3.05) is 19.6 Å². The zero-order valence-corrected chi connectivity index (χ0v) is 14.7. The van der Waals surface area contributed by atoms with Crippen molar-refractivity contribution < 1.29 is 14.1 Å². The van der Waals surface area contributed by atoms with Gasteiger partial charge in [0.1, 0.15) is 18.2 Å². The Balaban J connectivity index is 0.00000243. The molecular weight excluding hydrogens is 365 g/mol. The minimum atomic E-state index is -0.526. The first kappa shape index (κ1) is 19.8. The second-order valence-electron chi connectivity index (χ2n) is 5.83. The number of nitrogens with zero attached hydrogens (tertiary/aromatic N) is 4. The largest absolute Gasteiger partial charge is 0.333 e. The second kappa shape index (κ2) is 8.72. The number of aryl methyl sites for hydroxylation is 1. The van der Waals surface area contributed by atoms with Crippen LogP contribution in [0.1, 0.15) is 18.0 Å². The number of aromatic nitrogens is 2. The molecule has 1 aromatic carbocycles. The van der Waals surface area contributed by atoms with Gasteiger partial charge in [-0.25, -0.2) is 4.39 Å². The van der Waals surface area contributed by atoms with Crippen LogP contribution in [0.25, 0.3) is 0 Å². The predicted octanol–water partition coefficient (Wildman–Crippen LogP) is 1.92. The molecule has 1 aliphatic heterocycles. The summed E-state index contributed by atoms with van der Waals surface area (Å²) in [5, 5.41) is 17.8. The van der Waals surface area contributed by atoms with Gasteiger partial charge in [0.2, 0.25) is 5.91 Å². The van der Waals surface area contributed by atoms with Crippen LogP contribution >= 0.6 is 12.4 Å². The molecule has 1 N–H and O–H groups in total. The van der Waals surface area contributed by atoms with E-state index in [0.29, 0.717) is 19.6 Å². The molecule has 1 atom stereocenters. The lowest BCUT2D eigenvalue weighted by molar-refractivity contribution is -0.385. The lowest BCUT2D eigenvalue weighted by Gasteiger charge is -2.36. The Morgan fingerprint density at radius 3 is 2.96 bits per heavy atom. The highest BCUT2D eigenvalue weighted by Gasteiger charge is 2.27. The molecule has 0 saturated carbocycles. The molecule has 3 rings (SSSR count). The summed E-state index contributed by atoms with van der Waals surface area (Å²) in [6.07, 6.45) is 2.63. The molecule has 2 heterocycles. The normalized spacial score (nSPS) is 16.8. The van der Waals surface area contributed by atoms with Crippen molar-refractivity contribution in [1.82, 2.24) is 20.0 Å². The van der Waals surface area contributed by atoms with Crippen LogP contribution in [0.2, 0.25) is 0 Å². The summed E-state index contributed by atoms with van der Waals surface area (Å²) in [5.74, 6) is -0.423. The Hall–Kier alpha value is -2.52. The average molecular weight is 384 g/mol. The highest BCUT2D eigenvalue weighted by Crippen LogP contribution is 2.23. The van der Waals surface area contributed by atoms with E-state index in [1.807, 2.05) is 0 Å². The van der Waals surface area contributed by atoms with E-state index in [-0.39, 0.29) is 48.8 Å². The highest BCUT2D eigenvalue weighted by atomic mass is 35.5. The number of nitrogens with one attached hydrogen (secondary N) is 1. The lowest BCUT2D eigenvalue weighted by Crippen LogP contribution is -2.48. The fourth-order valence-corrected chi connectivity index (χ4v) is 2.94. The van der Waals surface area contributed by atoms with Gasteiger partial charge in [0, 0.05) is 32.6 Å². The number of rotatable bonds is 5. The van der Waals surface area contributed by atoms with Gasteiger partial charge in [-0.2, -0.15) is 5.10 Å². The molecule has 0 aliphatic carbocycles. The molecule has 140 valence electrons. The summed E-state index contributed by atoms with van der Waals surface area (Å²) in [6, 6.07) is 6.01. The Morgan fingerprint density at radius 2 is 2.27 bits per heavy atom. The SMILES string of the molecule is Cl.O=C(CCn1cc([N+](=O)[O-])cn1)N1CCNCC1c1cccc(F)c1. The maximum Gasteiger partial charge on any atom is 0.306 e. The number of benzene rings is 1. The quantitative estimate of drug-likeness (QED) is 0.629. The number of carbonyl (C=O) groups is 1. The minimum Gasteiger partial charge on any atom is -0.333 e. The van der Waals surface area contributed by atoms with Crippen molar-refractivity contribution in [3.05, 3.63) is 58.2 Å². The summed E-state index contributed by atoms with van der Waals surface area (Å²) in [6.45, 7) is 2.01. The Bertz CT molecular complexity index is 785. The molecule has 1 saturated heterocycles. The van der Waals surface area contributed by atoms with Crippen molar-refractivity contribution >= 4 is 24.0 Å². The van der Waals surface area contributed by atoms with Crippen LogP contribution in [-0.4, -0.2) is 45.1 Å². The third-order valence-electron chi connectivity index (χ3n) is 4.18. The average Bonchev–Trinajstić information content (AvgIpc) is 3.09. The molecule has 1 unspecified atom stereocenters. The van der Waals surface area contributed by atoms with Crippen molar-refractivity contribution in [2.45, 2.75) is 19.0 Å². The van der Waals surface area contributed by atoms with E-state index in [4.69, 9.17) is 0 Å². The van der Waals surface area contributed by atoms with E-state index in [0.717, 1.165) is 11.8 Å². The van der Waals surface area contributed by atoms with Gasteiger partial charge in [-0.1, -0.05) is 12.1 Å². The molecule has 0 radical (unpaired) electrons. The fraction of sp³-hybridized carbons (Fsp3) is 0.375. The van der Waals surface area contributed by atoms with E-state index in [9.17, 15) is 19.3 Å². The standard InChI is InChI=1S/C16H18FN5O3.ClH/c17-13-3-1-2-12(8-13)15-10-18-5-7-21(15)16(23)4-6-20-11-14(9-19-20)22(24)25;/h1-3,8-9,11,15,18H,4-7,10H2;1H. The van der Waals surface area contributed by atoms with E-state index in [1.165, 1.54) is 23.0 Å². The van der Waals surface area contributed by atoms with Gasteiger partial charge in [0.05, 0.1) is 11.0 Å². The van der Waals surface area contributed by atoms with Crippen LogP contribution in [0.15, 0.2) is 36.7 Å². The van der Waals surface area contributed by atoms with Crippen LogP contribution in [0.5, 0.6) is 0 Å². The first-order valence-corrected chi connectivity index (χ1v) is 7.97. The van der Waals surface area contributed by atoms with Crippen LogP contribution in [0.4, 0.5) is 10.1 Å². The Morgan fingerprint density at radius 1 is 1.46 bits per heavy atom. The summed E-state index contributed by atoms with van der Waals surface area (Å²) in [4.78, 5) is 24.5. The second-order valence-corrected chi connectivity index (χ2v) is 5.83. The highest BCUT2D eigenvalue weighted by molar-refractivity contribution is 5.85. The number of hydrogen-bond donors (Lipinski definition) is 1. The van der Waals surface area contributed by atoms with Crippen LogP contribution < -0.4 is 5.32 Å². The van der Waals surface area contributed by atoms with Gasteiger partial charge < -0.3 is 10.2 Å². The van der Waals surface area contributed by atoms with E-state index >= 15 is 0 Å².